The van der Waals surface area contributed by atoms with Crippen molar-refractivity contribution in [1.29, 1.82) is 0 Å². The van der Waals surface area contributed by atoms with Gasteiger partial charge in [0.05, 0.1) is 29.4 Å². The molecule has 7 heteroatoms. The predicted octanol–water partition coefficient (Wildman–Crippen LogP) is 6.04. The van der Waals surface area contributed by atoms with Crippen molar-refractivity contribution in [2.24, 2.45) is 0 Å². The number of rotatable bonds is 7. The van der Waals surface area contributed by atoms with Crippen LogP contribution in [0, 0.1) is 0 Å². The molecular weight excluding hydrogens is 496 g/mol. The van der Waals surface area contributed by atoms with Gasteiger partial charge in [0.1, 0.15) is 11.3 Å². The number of para-hydroxylation sites is 1. The number of hydrogen-bond acceptors (Lipinski definition) is 4. The number of benzene rings is 2. The number of carbonyl (C=O) groups is 2. The van der Waals surface area contributed by atoms with Crippen molar-refractivity contribution in [2.75, 3.05) is 19.0 Å². The van der Waals surface area contributed by atoms with Gasteiger partial charge >= 0.3 is 0 Å². The van der Waals surface area contributed by atoms with Gasteiger partial charge in [0.15, 0.2) is 0 Å². The summed E-state index contributed by atoms with van der Waals surface area (Å²) in [6.07, 6.45) is 4.43. The van der Waals surface area contributed by atoms with E-state index in [1.54, 1.807) is 6.26 Å². The predicted molar refractivity (Wildman–Crippen MR) is 137 cm³/mol. The number of likely N-dealkylation sites (N-methyl/N-ethyl adjacent to an activating group) is 1. The van der Waals surface area contributed by atoms with Gasteiger partial charge in [0.2, 0.25) is 0 Å². The Morgan fingerprint density at radius 2 is 1.71 bits per heavy atom. The SMILES string of the molecule is CC(C)n1cc(C2=C(c3ccc(OCCCBr)c4ccoc34)C(=O)N(C)C2=O)c2ccccc21. The van der Waals surface area contributed by atoms with E-state index in [0.29, 0.717) is 34.6 Å². The summed E-state index contributed by atoms with van der Waals surface area (Å²) in [5.41, 5.74) is 3.65. The molecule has 0 saturated heterocycles. The third-order valence-corrected chi connectivity index (χ3v) is 6.80. The Kier molecular flexibility index (Phi) is 5.81. The summed E-state index contributed by atoms with van der Waals surface area (Å²) >= 11 is 3.42. The molecule has 2 aromatic carbocycles. The van der Waals surface area contributed by atoms with Crippen molar-refractivity contribution in [1.82, 2.24) is 9.47 Å². The maximum absolute atomic E-state index is 13.4. The van der Waals surface area contributed by atoms with E-state index in [-0.39, 0.29) is 17.9 Å². The first-order valence-corrected chi connectivity index (χ1v) is 12.4. The zero-order valence-corrected chi connectivity index (χ0v) is 20.9. The van der Waals surface area contributed by atoms with Crippen LogP contribution in [-0.2, 0) is 9.59 Å². The third-order valence-electron chi connectivity index (χ3n) is 6.23. The molecule has 0 unspecified atom stereocenters. The average Bonchev–Trinajstić information content (AvgIpc) is 3.52. The summed E-state index contributed by atoms with van der Waals surface area (Å²) in [7, 11) is 1.52. The van der Waals surface area contributed by atoms with Crippen molar-refractivity contribution in [3.05, 3.63) is 66.1 Å². The molecule has 0 bridgehead atoms. The fourth-order valence-corrected chi connectivity index (χ4v) is 4.80. The van der Waals surface area contributed by atoms with E-state index in [1.807, 2.05) is 48.7 Å². The number of ether oxygens (including phenoxy) is 1. The lowest BCUT2D eigenvalue weighted by atomic mass is 9.95. The molecule has 4 aromatic rings. The summed E-state index contributed by atoms with van der Waals surface area (Å²) in [5, 5.41) is 2.56. The number of hydrogen-bond donors (Lipinski definition) is 0. The second-order valence-electron chi connectivity index (χ2n) is 8.65. The molecule has 2 amide bonds. The highest BCUT2D eigenvalue weighted by molar-refractivity contribution is 9.09. The minimum absolute atomic E-state index is 0.195. The van der Waals surface area contributed by atoms with Crippen LogP contribution in [-0.4, -0.2) is 40.3 Å². The minimum Gasteiger partial charge on any atom is -0.493 e. The fraction of sp³-hybridized carbons (Fsp3) is 0.259. The number of halogens is 1. The minimum atomic E-state index is -0.341. The maximum atomic E-state index is 13.4. The van der Waals surface area contributed by atoms with E-state index in [1.165, 1.54) is 11.9 Å². The van der Waals surface area contributed by atoms with Gasteiger partial charge in [0.25, 0.3) is 11.8 Å². The van der Waals surface area contributed by atoms with Gasteiger partial charge in [-0.15, -0.1) is 0 Å². The topological polar surface area (TPSA) is 64.7 Å². The molecule has 3 heterocycles. The summed E-state index contributed by atoms with van der Waals surface area (Å²) < 4.78 is 13.9. The van der Waals surface area contributed by atoms with E-state index in [9.17, 15) is 9.59 Å². The lowest BCUT2D eigenvalue weighted by Gasteiger charge is -2.10. The Morgan fingerprint density at radius 1 is 0.971 bits per heavy atom. The normalized spacial score (nSPS) is 14.4. The van der Waals surface area contributed by atoms with Crippen LogP contribution in [0.4, 0.5) is 0 Å². The third kappa shape index (κ3) is 3.46. The van der Waals surface area contributed by atoms with Crippen LogP contribution in [0.1, 0.15) is 37.4 Å². The Morgan fingerprint density at radius 3 is 2.44 bits per heavy atom. The highest BCUT2D eigenvalue weighted by Gasteiger charge is 2.39. The molecule has 2 aromatic heterocycles. The highest BCUT2D eigenvalue weighted by Crippen LogP contribution is 2.42. The molecule has 1 aliphatic heterocycles. The molecule has 0 spiro atoms. The lowest BCUT2D eigenvalue weighted by molar-refractivity contribution is -0.134. The van der Waals surface area contributed by atoms with Gasteiger partial charge in [-0.3, -0.25) is 14.5 Å². The fourth-order valence-electron chi connectivity index (χ4n) is 4.57. The molecular formula is C27H25BrN2O4. The molecule has 0 fully saturated rings. The van der Waals surface area contributed by atoms with Gasteiger partial charge in [-0.25, -0.2) is 0 Å². The molecule has 0 N–H and O–H groups in total. The van der Waals surface area contributed by atoms with Crippen molar-refractivity contribution in [3.8, 4) is 5.75 Å². The number of fused-ring (bicyclic) bond motifs is 2. The summed E-state index contributed by atoms with van der Waals surface area (Å²) in [6, 6.07) is 13.6. The molecule has 0 radical (unpaired) electrons. The summed E-state index contributed by atoms with van der Waals surface area (Å²) in [6.45, 7) is 4.76. The summed E-state index contributed by atoms with van der Waals surface area (Å²) in [5.74, 6) is 0.0354. The van der Waals surface area contributed by atoms with E-state index < -0.39 is 0 Å². The maximum Gasteiger partial charge on any atom is 0.262 e. The molecule has 0 aliphatic carbocycles. The van der Waals surface area contributed by atoms with Gasteiger partial charge in [-0.2, -0.15) is 0 Å². The van der Waals surface area contributed by atoms with Crippen LogP contribution in [0.15, 0.2) is 59.3 Å². The van der Waals surface area contributed by atoms with Crippen LogP contribution in [0.2, 0.25) is 0 Å². The average molecular weight is 521 g/mol. The Bertz CT molecular complexity index is 1460. The van der Waals surface area contributed by atoms with Gasteiger partial charge < -0.3 is 13.7 Å². The molecule has 0 saturated carbocycles. The van der Waals surface area contributed by atoms with Crippen molar-refractivity contribution in [3.63, 3.8) is 0 Å². The second kappa shape index (κ2) is 8.80. The monoisotopic (exact) mass is 520 g/mol. The molecule has 174 valence electrons. The number of alkyl halides is 1. The Balaban J connectivity index is 1.76. The van der Waals surface area contributed by atoms with Crippen LogP contribution >= 0.6 is 15.9 Å². The Labute approximate surface area is 205 Å². The van der Waals surface area contributed by atoms with Gasteiger partial charge in [0, 0.05) is 46.6 Å². The zero-order chi connectivity index (χ0) is 24.0. The molecule has 0 atom stereocenters. The summed E-state index contributed by atoms with van der Waals surface area (Å²) in [4.78, 5) is 28.0. The van der Waals surface area contributed by atoms with Crippen molar-refractivity contribution in [2.45, 2.75) is 26.3 Å². The lowest BCUT2D eigenvalue weighted by Crippen LogP contribution is -2.26. The standard InChI is InChI=1S/C27H25BrN2O4/c1-16(2)30-15-20(17-7-4-5-8-21(17)30)24-23(26(31)29(3)27(24)32)19-9-10-22(33-13-6-12-28)18-11-14-34-25(18)19/h4-5,7-11,14-16H,6,12-13H2,1-3H3. The van der Waals surface area contributed by atoms with Crippen LogP contribution < -0.4 is 4.74 Å². The van der Waals surface area contributed by atoms with E-state index in [0.717, 1.165) is 33.6 Å². The van der Waals surface area contributed by atoms with E-state index in [4.69, 9.17) is 9.15 Å². The number of aromatic nitrogens is 1. The largest absolute Gasteiger partial charge is 0.493 e. The molecule has 6 nitrogen and oxygen atoms in total. The highest BCUT2D eigenvalue weighted by atomic mass is 79.9. The zero-order valence-electron chi connectivity index (χ0n) is 19.3. The number of amides is 2. The number of furan rings is 1. The quantitative estimate of drug-likeness (QED) is 0.169. The van der Waals surface area contributed by atoms with Crippen LogP contribution in [0.25, 0.3) is 33.0 Å². The van der Waals surface area contributed by atoms with Crippen LogP contribution in [0.5, 0.6) is 5.75 Å². The van der Waals surface area contributed by atoms with E-state index in [2.05, 4.69) is 34.3 Å². The first kappa shape index (κ1) is 22.5. The first-order chi connectivity index (χ1) is 16.4. The molecule has 34 heavy (non-hydrogen) atoms. The van der Waals surface area contributed by atoms with Crippen LogP contribution in [0.3, 0.4) is 0 Å². The molecule has 5 rings (SSSR count). The van der Waals surface area contributed by atoms with Crippen molar-refractivity contribution >= 4 is 60.8 Å². The number of carbonyl (C=O) groups excluding carboxylic acids is 2. The van der Waals surface area contributed by atoms with Crippen molar-refractivity contribution < 1.29 is 18.7 Å². The first-order valence-electron chi connectivity index (χ1n) is 11.3. The van der Waals surface area contributed by atoms with Gasteiger partial charge in [-0.05, 0) is 44.5 Å². The number of imide groups is 1. The smallest absolute Gasteiger partial charge is 0.262 e. The second-order valence-corrected chi connectivity index (χ2v) is 9.44. The van der Waals surface area contributed by atoms with E-state index >= 15 is 0 Å². The van der Waals surface area contributed by atoms with Gasteiger partial charge in [-0.1, -0.05) is 34.1 Å². The number of nitrogens with zero attached hydrogens (tertiary/aromatic N) is 2. The molecule has 1 aliphatic rings. The Hall–Kier alpha value is -3.32.